The molecule has 0 unspecified atom stereocenters. The van der Waals surface area contributed by atoms with Gasteiger partial charge >= 0.3 is 11.9 Å². The molecule has 0 atom stereocenters. The molecule has 4 aromatic rings. The number of aromatic carboxylic acids is 1. The molecule has 0 radical (unpaired) electrons. The number of thioether (sulfide) groups is 1. The van der Waals surface area contributed by atoms with E-state index >= 15 is 0 Å². The highest BCUT2D eigenvalue weighted by Crippen LogP contribution is 2.33. The number of aliphatic carboxylic acids is 1. The van der Waals surface area contributed by atoms with Gasteiger partial charge in [-0.3, -0.25) is 0 Å². The van der Waals surface area contributed by atoms with E-state index < -0.39 is 11.9 Å². The Morgan fingerprint density at radius 3 is 2.23 bits per heavy atom. The summed E-state index contributed by atoms with van der Waals surface area (Å²) in [5, 5.41) is 28.0. The van der Waals surface area contributed by atoms with E-state index in [2.05, 4.69) is 10.2 Å². The maximum atomic E-state index is 12.1. The molecule has 10 nitrogen and oxygen atoms in total. The fourth-order valence-electron chi connectivity index (χ4n) is 3.81. The molecule has 2 N–H and O–H groups in total. The molecule has 0 saturated carbocycles. The molecule has 0 fully saturated rings. The summed E-state index contributed by atoms with van der Waals surface area (Å²) < 4.78 is 18.3. The number of hydrogen-bond acceptors (Lipinski definition) is 8. The van der Waals surface area contributed by atoms with Gasteiger partial charge in [0.15, 0.2) is 11.0 Å². The minimum absolute atomic E-state index is 0.0658. The third-order valence-electron chi connectivity index (χ3n) is 5.81. The fraction of sp³-hybridized carbons (Fsp3) is 0.172. The summed E-state index contributed by atoms with van der Waals surface area (Å²) in [6.45, 7) is 2.63. The molecule has 1 aromatic heterocycles. The molecule has 0 amide bonds. The van der Waals surface area contributed by atoms with Gasteiger partial charge in [0.1, 0.15) is 28.8 Å². The number of aromatic nitrogens is 3. The zero-order valence-electron chi connectivity index (χ0n) is 22.0. The Hall–Kier alpha value is -4.77. The van der Waals surface area contributed by atoms with Crippen LogP contribution in [0.4, 0.5) is 0 Å². The summed E-state index contributed by atoms with van der Waals surface area (Å²) in [6.07, 6.45) is 1.55. The molecule has 206 valence electrons. The van der Waals surface area contributed by atoms with Gasteiger partial charge in [0.2, 0.25) is 0 Å². The highest BCUT2D eigenvalue weighted by Gasteiger charge is 2.19. The fourth-order valence-corrected chi connectivity index (χ4v) is 4.69. The second kappa shape index (κ2) is 12.9. The minimum atomic E-state index is -1.10. The average molecular weight is 562 g/mol. The van der Waals surface area contributed by atoms with Crippen LogP contribution in [0.3, 0.4) is 0 Å². The molecule has 0 saturated heterocycles. The van der Waals surface area contributed by atoms with E-state index in [0.29, 0.717) is 40.3 Å². The number of hydrogen-bond donors (Lipinski definition) is 2. The second-order valence-corrected chi connectivity index (χ2v) is 9.44. The van der Waals surface area contributed by atoms with E-state index in [1.54, 1.807) is 68.8 Å². The van der Waals surface area contributed by atoms with Crippen LogP contribution in [0, 0.1) is 0 Å². The monoisotopic (exact) mass is 561 g/mol. The first kappa shape index (κ1) is 28.2. The minimum Gasteiger partial charge on any atom is -0.497 e. The summed E-state index contributed by atoms with van der Waals surface area (Å²) in [6, 6.07) is 18.8. The number of ether oxygens (including phenoxy) is 3. The summed E-state index contributed by atoms with van der Waals surface area (Å²) in [5.41, 5.74) is 2.30. The third-order valence-corrected chi connectivity index (χ3v) is 6.81. The Labute approximate surface area is 234 Å². The molecule has 0 aliphatic heterocycles. The Morgan fingerprint density at radius 1 is 0.925 bits per heavy atom. The number of benzene rings is 3. The van der Waals surface area contributed by atoms with Crippen LogP contribution in [0.2, 0.25) is 0 Å². The van der Waals surface area contributed by atoms with E-state index in [0.717, 1.165) is 22.9 Å². The van der Waals surface area contributed by atoms with E-state index in [1.807, 2.05) is 23.6 Å². The standard InChI is InChI=1S/C29H27N3O7S/c1-4-32-26(21-14-23(37-2)16-24(15-21)38-3)30-31-29(32)40-25(28(35)36)13-18-8-10-22(11-9-18)39-17-19-6-5-7-20(12-19)27(33)34/h5-16H,4,17H2,1-3H3,(H,33,34)(H,35,36)/b25-13-. The van der Waals surface area contributed by atoms with Crippen molar-refractivity contribution in [1.82, 2.24) is 14.8 Å². The number of methoxy groups -OCH3 is 2. The Bertz CT molecular complexity index is 1530. The maximum Gasteiger partial charge on any atom is 0.342 e. The highest BCUT2D eigenvalue weighted by atomic mass is 32.2. The molecular weight excluding hydrogens is 534 g/mol. The van der Waals surface area contributed by atoms with Crippen molar-refractivity contribution in [1.29, 1.82) is 0 Å². The van der Waals surface area contributed by atoms with Gasteiger partial charge in [-0.1, -0.05) is 24.3 Å². The average Bonchev–Trinajstić information content (AvgIpc) is 3.38. The Kier molecular flexibility index (Phi) is 9.07. The molecular formula is C29H27N3O7S. The zero-order chi connectivity index (χ0) is 28.6. The van der Waals surface area contributed by atoms with Crippen LogP contribution < -0.4 is 14.2 Å². The van der Waals surface area contributed by atoms with Crippen molar-refractivity contribution in [3.63, 3.8) is 0 Å². The molecule has 1 heterocycles. The van der Waals surface area contributed by atoms with Crippen molar-refractivity contribution in [3.05, 3.63) is 88.3 Å². The molecule has 3 aromatic carbocycles. The van der Waals surface area contributed by atoms with Crippen LogP contribution in [0.25, 0.3) is 17.5 Å². The third kappa shape index (κ3) is 6.80. The van der Waals surface area contributed by atoms with Crippen molar-refractivity contribution in [2.75, 3.05) is 14.2 Å². The van der Waals surface area contributed by atoms with Crippen molar-refractivity contribution in [3.8, 4) is 28.6 Å². The van der Waals surface area contributed by atoms with Gasteiger partial charge in [0.25, 0.3) is 0 Å². The van der Waals surface area contributed by atoms with Crippen molar-refractivity contribution in [2.45, 2.75) is 25.2 Å². The van der Waals surface area contributed by atoms with Gasteiger partial charge in [0.05, 0.1) is 19.8 Å². The molecule has 11 heteroatoms. The molecule has 40 heavy (non-hydrogen) atoms. The zero-order valence-corrected chi connectivity index (χ0v) is 22.8. The van der Waals surface area contributed by atoms with Gasteiger partial charge in [-0.2, -0.15) is 0 Å². The molecule has 0 bridgehead atoms. The van der Waals surface area contributed by atoms with Crippen molar-refractivity contribution >= 4 is 29.8 Å². The van der Waals surface area contributed by atoms with E-state index in [-0.39, 0.29) is 17.1 Å². The van der Waals surface area contributed by atoms with Crippen LogP contribution in [0.15, 0.2) is 76.8 Å². The van der Waals surface area contributed by atoms with Gasteiger partial charge in [-0.25, -0.2) is 9.59 Å². The van der Waals surface area contributed by atoms with Crippen LogP contribution in [0.5, 0.6) is 17.2 Å². The first-order valence-corrected chi connectivity index (χ1v) is 13.0. The number of carbonyl (C=O) groups is 2. The maximum absolute atomic E-state index is 12.1. The Morgan fingerprint density at radius 2 is 1.62 bits per heavy atom. The SMILES string of the molecule is CCn1c(S/C(=C\c2ccc(OCc3cccc(C(=O)O)c3)cc2)C(=O)O)nnc1-c1cc(OC)cc(OC)c1. The number of carboxylic acid groups (broad SMARTS) is 2. The van der Waals surface area contributed by atoms with Gasteiger partial charge < -0.3 is 29.0 Å². The predicted molar refractivity (Wildman–Crippen MR) is 150 cm³/mol. The number of nitrogens with zero attached hydrogens (tertiary/aromatic N) is 3. The second-order valence-electron chi connectivity index (χ2n) is 8.43. The molecule has 0 spiro atoms. The van der Waals surface area contributed by atoms with Crippen LogP contribution >= 0.6 is 11.8 Å². The summed E-state index contributed by atoms with van der Waals surface area (Å²) in [4.78, 5) is 23.3. The smallest absolute Gasteiger partial charge is 0.342 e. The van der Waals surface area contributed by atoms with Gasteiger partial charge in [-0.15, -0.1) is 10.2 Å². The van der Waals surface area contributed by atoms with E-state index in [4.69, 9.17) is 19.3 Å². The molecule has 0 aliphatic carbocycles. The summed E-state index contributed by atoms with van der Waals surface area (Å²) >= 11 is 1.00. The lowest BCUT2D eigenvalue weighted by Gasteiger charge is -2.10. The molecule has 4 rings (SSSR count). The normalized spacial score (nSPS) is 11.2. The lowest BCUT2D eigenvalue weighted by molar-refractivity contribution is -0.131. The lowest BCUT2D eigenvalue weighted by Crippen LogP contribution is -2.03. The van der Waals surface area contributed by atoms with E-state index in [9.17, 15) is 14.7 Å². The van der Waals surface area contributed by atoms with E-state index in [1.165, 1.54) is 6.07 Å². The highest BCUT2D eigenvalue weighted by molar-refractivity contribution is 8.04. The Balaban J connectivity index is 1.52. The van der Waals surface area contributed by atoms with Gasteiger partial charge in [0, 0.05) is 18.2 Å². The van der Waals surface area contributed by atoms with Crippen LogP contribution in [-0.2, 0) is 17.9 Å². The van der Waals surface area contributed by atoms with Crippen LogP contribution in [0.1, 0.15) is 28.4 Å². The number of rotatable bonds is 12. The molecule has 0 aliphatic rings. The predicted octanol–water partition coefficient (Wildman–Crippen LogP) is 5.48. The van der Waals surface area contributed by atoms with Crippen molar-refractivity contribution < 1.29 is 34.0 Å². The summed E-state index contributed by atoms with van der Waals surface area (Å²) in [7, 11) is 3.13. The summed E-state index contributed by atoms with van der Waals surface area (Å²) in [5.74, 6) is 0.217. The number of carboxylic acids is 2. The van der Waals surface area contributed by atoms with Crippen LogP contribution in [-0.4, -0.2) is 51.1 Å². The first-order valence-electron chi connectivity index (χ1n) is 12.2. The topological polar surface area (TPSA) is 133 Å². The van der Waals surface area contributed by atoms with Gasteiger partial charge in [-0.05, 0) is 72.3 Å². The quantitative estimate of drug-likeness (QED) is 0.169. The largest absolute Gasteiger partial charge is 0.497 e. The lowest BCUT2D eigenvalue weighted by atomic mass is 10.1. The first-order chi connectivity index (χ1) is 19.3. The van der Waals surface area contributed by atoms with Crippen molar-refractivity contribution in [2.24, 2.45) is 0 Å².